The van der Waals surface area contributed by atoms with Crippen molar-refractivity contribution in [2.75, 3.05) is 11.1 Å². The van der Waals surface area contributed by atoms with E-state index in [0.717, 1.165) is 0 Å². The van der Waals surface area contributed by atoms with Crippen molar-refractivity contribution >= 4 is 45.6 Å². The summed E-state index contributed by atoms with van der Waals surface area (Å²) in [6, 6.07) is 16.8. The highest BCUT2D eigenvalue weighted by Crippen LogP contribution is 2.20. The Kier molecular flexibility index (Phi) is 6.25. The van der Waals surface area contributed by atoms with Crippen LogP contribution in [0.4, 0.5) is 10.1 Å². The van der Waals surface area contributed by atoms with E-state index in [9.17, 15) is 14.0 Å². The number of benzene rings is 2. The van der Waals surface area contributed by atoms with Crippen LogP contribution in [0.5, 0.6) is 0 Å². The van der Waals surface area contributed by atoms with Gasteiger partial charge in [0, 0.05) is 17.1 Å². The number of carbonyl (C=O) groups is 1. The van der Waals surface area contributed by atoms with Crippen molar-refractivity contribution in [1.82, 2.24) is 9.55 Å². The highest BCUT2D eigenvalue weighted by Gasteiger charge is 2.14. The molecule has 1 N–H and O–H groups in total. The Hall–Kier alpha value is -2.97. The van der Waals surface area contributed by atoms with Gasteiger partial charge in [0.1, 0.15) is 5.82 Å². The van der Waals surface area contributed by atoms with E-state index >= 15 is 0 Å². The first-order chi connectivity index (χ1) is 14.6. The molecule has 152 valence electrons. The maximum absolute atomic E-state index is 13.1. The lowest BCUT2D eigenvalue weighted by Gasteiger charge is -2.13. The quantitative estimate of drug-likeness (QED) is 0.338. The number of aromatic nitrogens is 2. The van der Waals surface area contributed by atoms with Crippen molar-refractivity contribution in [3.8, 4) is 0 Å². The van der Waals surface area contributed by atoms with E-state index in [2.05, 4.69) is 10.3 Å². The van der Waals surface area contributed by atoms with Gasteiger partial charge < -0.3 is 5.32 Å². The van der Waals surface area contributed by atoms with Gasteiger partial charge in [0.05, 0.1) is 16.7 Å². The predicted octanol–water partition coefficient (Wildman–Crippen LogP) is 4.57. The van der Waals surface area contributed by atoms with Crippen LogP contribution in [-0.2, 0) is 17.8 Å². The summed E-state index contributed by atoms with van der Waals surface area (Å²) in [4.78, 5) is 31.2. The SMILES string of the molecule is O=C(CSc1nc2ccccc2c(=O)n1CCc1cccs1)Nc1ccc(F)cc1. The highest BCUT2D eigenvalue weighted by molar-refractivity contribution is 7.99. The van der Waals surface area contributed by atoms with Crippen molar-refractivity contribution < 1.29 is 9.18 Å². The largest absolute Gasteiger partial charge is 0.325 e. The molecule has 2 aromatic heterocycles. The second-order valence-corrected chi connectivity index (χ2v) is 8.52. The van der Waals surface area contributed by atoms with Crippen LogP contribution < -0.4 is 10.9 Å². The Morgan fingerprint density at radius 3 is 2.67 bits per heavy atom. The lowest BCUT2D eigenvalue weighted by Crippen LogP contribution is -2.25. The molecule has 0 saturated heterocycles. The molecule has 0 atom stereocenters. The number of thiophene rings is 1. The number of thioether (sulfide) groups is 1. The highest BCUT2D eigenvalue weighted by atomic mass is 32.2. The molecule has 1 amide bonds. The number of amides is 1. The smallest absolute Gasteiger partial charge is 0.262 e. The molecule has 8 heteroatoms. The molecule has 0 radical (unpaired) electrons. The standard InChI is InChI=1S/C22H18FN3O2S2/c23-15-7-9-16(10-8-15)24-20(27)14-30-22-25-19-6-2-1-5-18(19)21(28)26(22)12-11-17-4-3-13-29-17/h1-10,13H,11-12,14H2,(H,24,27). The van der Waals surface area contributed by atoms with Gasteiger partial charge in [0.2, 0.25) is 5.91 Å². The summed E-state index contributed by atoms with van der Waals surface area (Å²) in [5, 5.41) is 5.79. The molecule has 4 aromatic rings. The van der Waals surface area contributed by atoms with E-state index in [0.29, 0.717) is 34.7 Å². The Labute approximate surface area is 180 Å². The number of para-hydroxylation sites is 1. The summed E-state index contributed by atoms with van der Waals surface area (Å²) < 4.78 is 14.7. The molecule has 5 nitrogen and oxygen atoms in total. The molecule has 2 aromatic carbocycles. The van der Waals surface area contributed by atoms with Crippen molar-refractivity contribution in [2.45, 2.75) is 18.1 Å². The number of nitrogens with one attached hydrogen (secondary N) is 1. The van der Waals surface area contributed by atoms with Gasteiger partial charge >= 0.3 is 0 Å². The minimum Gasteiger partial charge on any atom is -0.325 e. The maximum Gasteiger partial charge on any atom is 0.262 e. The number of aryl methyl sites for hydroxylation is 1. The minimum absolute atomic E-state index is 0.0845. The number of fused-ring (bicyclic) bond motifs is 1. The second-order valence-electron chi connectivity index (χ2n) is 6.54. The molecule has 0 bridgehead atoms. The van der Waals surface area contributed by atoms with E-state index < -0.39 is 0 Å². The third-order valence-electron chi connectivity index (χ3n) is 4.45. The van der Waals surface area contributed by atoms with E-state index in [-0.39, 0.29) is 23.0 Å². The van der Waals surface area contributed by atoms with Crippen LogP contribution in [-0.4, -0.2) is 21.2 Å². The van der Waals surface area contributed by atoms with Gasteiger partial charge in [-0.1, -0.05) is 30.0 Å². The summed E-state index contributed by atoms with van der Waals surface area (Å²) in [7, 11) is 0. The summed E-state index contributed by atoms with van der Waals surface area (Å²) >= 11 is 2.86. The molecular formula is C22H18FN3O2S2. The van der Waals surface area contributed by atoms with Crippen LogP contribution in [0, 0.1) is 5.82 Å². The van der Waals surface area contributed by atoms with E-state index in [1.54, 1.807) is 28.0 Å². The number of hydrogen-bond donors (Lipinski definition) is 1. The van der Waals surface area contributed by atoms with Gasteiger partial charge in [-0.15, -0.1) is 11.3 Å². The molecular weight excluding hydrogens is 421 g/mol. The molecule has 0 aliphatic rings. The van der Waals surface area contributed by atoms with E-state index in [4.69, 9.17) is 0 Å². The number of rotatable bonds is 7. The Bertz CT molecular complexity index is 1220. The molecule has 0 unspecified atom stereocenters. The topological polar surface area (TPSA) is 64.0 Å². The number of anilines is 1. The normalized spacial score (nSPS) is 11.0. The summed E-state index contributed by atoms with van der Waals surface area (Å²) in [5.74, 6) is -0.530. The first kappa shape index (κ1) is 20.3. The van der Waals surface area contributed by atoms with Gasteiger partial charge in [-0.3, -0.25) is 14.2 Å². The fourth-order valence-corrected chi connectivity index (χ4v) is 4.52. The van der Waals surface area contributed by atoms with Gasteiger partial charge in [-0.25, -0.2) is 9.37 Å². The second kappa shape index (κ2) is 9.23. The van der Waals surface area contributed by atoms with E-state index in [1.165, 1.54) is 40.9 Å². The van der Waals surface area contributed by atoms with Crippen LogP contribution in [0.1, 0.15) is 4.88 Å². The number of nitrogens with zero attached hydrogens (tertiary/aromatic N) is 2. The molecule has 30 heavy (non-hydrogen) atoms. The Balaban J connectivity index is 1.55. The summed E-state index contributed by atoms with van der Waals surface area (Å²) in [5.41, 5.74) is 1.01. The van der Waals surface area contributed by atoms with Gasteiger partial charge in [0.25, 0.3) is 5.56 Å². The fraction of sp³-hybridized carbons (Fsp3) is 0.136. The number of hydrogen-bond acceptors (Lipinski definition) is 5. The van der Waals surface area contributed by atoms with Crippen molar-refractivity contribution in [3.63, 3.8) is 0 Å². The number of halogens is 1. The zero-order chi connectivity index (χ0) is 20.9. The molecule has 0 spiro atoms. The zero-order valence-corrected chi connectivity index (χ0v) is 17.5. The van der Waals surface area contributed by atoms with E-state index in [1.807, 2.05) is 29.6 Å². The van der Waals surface area contributed by atoms with Crippen LogP contribution in [0.15, 0.2) is 76.0 Å². The zero-order valence-electron chi connectivity index (χ0n) is 15.9. The molecule has 0 aliphatic heterocycles. The predicted molar refractivity (Wildman–Crippen MR) is 120 cm³/mol. The van der Waals surface area contributed by atoms with Crippen LogP contribution in [0.25, 0.3) is 10.9 Å². The first-order valence-corrected chi connectivity index (χ1v) is 11.2. The fourth-order valence-electron chi connectivity index (χ4n) is 2.99. The molecule has 0 aliphatic carbocycles. The molecule has 0 saturated carbocycles. The van der Waals surface area contributed by atoms with Gasteiger partial charge in [-0.2, -0.15) is 0 Å². The molecule has 4 rings (SSSR count). The third-order valence-corrected chi connectivity index (χ3v) is 6.36. The lowest BCUT2D eigenvalue weighted by atomic mass is 10.2. The van der Waals surface area contributed by atoms with Crippen molar-refractivity contribution in [2.24, 2.45) is 0 Å². The van der Waals surface area contributed by atoms with Crippen LogP contribution >= 0.6 is 23.1 Å². The average molecular weight is 440 g/mol. The number of carbonyl (C=O) groups excluding carboxylic acids is 1. The Morgan fingerprint density at radius 1 is 1.10 bits per heavy atom. The summed E-state index contributed by atoms with van der Waals surface area (Å²) in [6.45, 7) is 0.485. The van der Waals surface area contributed by atoms with Crippen LogP contribution in [0.2, 0.25) is 0 Å². The molecule has 0 fully saturated rings. The minimum atomic E-state index is -0.363. The Morgan fingerprint density at radius 2 is 1.90 bits per heavy atom. The third kappa shape index (κ3) is 4.77. The first-order valence-electron chi connectivity index (χ1n) is 9.30. The lowest BCUT2D eigenvalue weighted by molar-refractivity contribution is -0.113. The van der Waals surface area contributed by atoms with Crippen molar-refractivity contribution in [1.29, 1.82) is 0 Å². The molecule has 2 heterocycles. The van der Waals surface area contributed by atoms with Gasteiger partial charge in [-0.05, 0) is 54.3 Å². The maximum atomic E-state index is 13.1. The van der Waals surface area contributed by atoms with Crippen LogP contribution in [0.3, 0.4) is 0 Å². The summed E-state index contributed by atoms with van der Waals surface area (Å²) in [6.07, 6.45) is 0.715. The van der Waals surface area contributed by atoms with Gasteiger partial charge in [0.15, 0.2) is 5.16 Å². The van der Waals surface area contributed by atoms with Crippen molar-refractivity contribution in [3.05, 3.63) is 87.1 Å². The monoisotopic (exact) mass is 439 g/mol. The average Bonchev–Trinajstić information content (AvgIpc) is 3.27.